The van der Waals surface area contributed by atoms with Gasteiger partial charge in [0.05, 0.1) is 22.0 Å². The smallest absolute Gasteiger partial charge is 0.244 e. The van der Waals surface area contributed by atoms with Gasteiger partial charge in [0.15, 0.2) is 0 Å². The monoisotopic (exact) mass is 547 g/mol. The lowest BCUT2D eigenvalue weighted by molar-refractivity contribution is -0.139. The molecule has 0 spiro atoms. The first-order chi connectivity index (χ1) is 16.0. The van der Waals surface area contributed by atoms with Gasteiger partial charge in [0, 0.05) is 18.1 Å². The molecule has 1 N–H and O–H groups in total. The first-order valence-corrected chi connectivity index (χ1v) is 13.7. The zero-order valence-electron chi connectivity index (χ0n) is 19.2. The summed E-state index contributed by atoms with van der Waals surface area (Å²) in [7, 11) is -3.90. The predicted molar refractivity (Wildman–Crippen MR) is 138 cm³/mol. The number of halogens is 3. The van der Waals surface area contributed by atoms with Crippen LogP contribution in [0.2, 0.25) is 15.1 Å². The molecule has 0 aromatic heterocycles. The lowest BCUT2D eigenvalue weighted by atomic mass is 10.1. The van der Waals surface area contributed by atoms with Crippen LogP contribution in [0.3, 0.4) is 0 Å². The molecule has 0 fully saturated rings. The number of anilines is 1. The summed E-state index contributed by atoms with van der Waals surface area (Å²) in [5.74, 6) is -0.906. The van der Waals surface area contributed by atoms with Crippen molar-refractivity contribution >= 4 is 62.3 Å². The largest absolute Gasteiger partial charge is 0.354 e. The maximum atomic E-state index is 13.5. The molecule has 0 aliphatic rings. The highest BCUT2D eigenvalue weighted by Gasteiger charge is 2.31. The minimum Gasteiger partial charge on any atom is -0.354 e. The number of nitrogens with zero attached hydrogens (tertiary/aromatic N) is 2. The molecule has 0 saturated carbocycles. The van der Waals surface area contributed by atoms with E-state index in [1.165, 1.54) is 17.0 Å². The summed E-state index contributed by atoms with van der Waals surface area (Å²) in [5.41, 5.74) is 0.814. The van der Waals surface area contributed by atoms with E-state index in [4.69, 9.17) is 34.8 Å². The van der Waals surface area contributed by atoms with Crippen molar-refractivity contribution in [1.29, 1.82) is 0 Å². The Kier molecular flexibility index (Phi) is 10.5. The third-order valence-electron chi connectivity index (χ3n) is 5.14. The molecule has 2 amide bonds. The van der Waals surface area contributed by atoms with E-state index in [9.17, 15) is 18.0 Å². The van der Waals surface area contributed by atoms with Crippen LogP contribution < -0.4 is 9.62 Å². The first-order valence-electron chi connectivity index (χ1n) is 10.7. The summed E-state index contributed by atoms with van der Waals surface area (Å²) in [6.45, 7) is 3.62. The van der Waals surface area contributed by atoms with Crippen molar-refractivity contribution in [3.8, 4) is 0 Å². The van der Waals surface area contributed by atoms with Gasteiger partial charge >= 0.3 is 0 Å². The fourth-order valence-electron chi connectivity index (χ4n) is 3.18. The molecular formula is C23H28Cl3N3O4S. The van der Waals surface area contributed by atoms with Crippen molar-refractivity contribution < 1.29 is 18.0 Å². The average Bonchev–Trinajstić information content (AvgIpc) is 2.78. The molecule has 34 heavy (non-hydrogen) atoms. The van der Waals surface area contributed by atoms with Crippen molar-refractivity contribution in [2.45, 2.75) is 39.3 Å². The molecule has 2 aromatic rings. The molecule has 2 rings (SSSR count). The molecule has 186 valence electrons. The summed E-state index contributed by atoms with van der Waals surface area (Å²) in [5, 5.41) is 3.52. The van der Waals surface area contributed by atoms with Crippen LogP contribution in [0.1, 0.15) is 32.3 Å². The molecule has 11 heteroatoms. The number of unbranched alkanes of at least 4 members (excludes halogenated alkanes) is 1. The minimum atomic E-state index is -3.90. The van der Waals surface area contributed by atoms with Crippen LogP contribution in [0.5, 0.6) is 0 Å². The Balaban J connectivity index is 2.38. The Morgan fingerprint density at radius 1 is 1.06 bits per heavy atom. The number of rotatable bonds is 11. The normalized spacial score (nSPS) is 12.2. The summed E-state index contributed by atoms with van der Waals surface area (Å²) in [4.78, 5) is 27.6. The number of carbonyl (C=O) groups is 2. The second-order valence-corrected chi connectivity index (χ2v) is 10.9. The van der Waals surface area contributed by atoms with Gasteiger partial charge in [-0.2, -0.15) is 0 Å². The molecule has 2 aromatic carbocycles. The zero-order chi connectivity index (χ0) is 25.5. The Morgan fingerprint density at radius 3 is 2.29 bits per heavy atom. The molecule has 1 atom stereocenters. The maximum absolute atomic E-state index is 13.5. The summed E-state index contributed by atoms with van der Waals surface area (Å²) >= 11 is 18.3. The highest BCUT2D eigenvalue weighted by molar-refractivity contribution is 7.92. The van der Waals surface area contributed by atoms with E-state index >= 15 is 0 Å². The van der Waals surface area contributed by atoms with Gasteiger partial charge in [0.25, 0.3) is 0 Å². The van der Waals surface area contributed by atoms with E-state index in [-0.39, 0.29) is 28.2 Å². The summed E-state index contributed by atoms with van der Waals surface area (Å²) in [6.07, 6.45) is 2.69. The Morgan fingerprint density at radius 2 is 1.71 bits per heavy atom. The van der Waals surface area contributed by atoms with Gasteiger partial charge in [-0.05, 0) is 43.2 Å². The van der Waals surface area contributed by atoms with Gasteiger partial charge in [-0.1, -0.05) is 66.3 Å². The SMILES string of the molecule is CCCCNC(=O)C(C)N(Cc1ccc(Cl)cc1)C(=O)CN(c1cccc(Cl)c1Cl)S(C)(=O)=O. The Hall–Kier alpha value is -2.00. The first kappa shape index (κ1) is 28.2. The number of amides is 2. The van der Waals surface area contributed by atoms with Gasteiger partial charge in [-0.3, -0.25) is 13.9 Å². The quantitative estimate of drug-likeness (QED) is 0.411. The average molecular weight is 549 g/mol. The van der Waals surface area contributed by atoms with Crippen LogP contribution in [0.15, 0.2) is 42.5 Å². The third-order valence-corrected chi connectivity index (χ3v) is 7.33. The lowest BCUT2D eigenvalue weighted by Gasteiger charge is -2.31. The van der Waals surface area contributed by atoms with Crippen LogP contribution in [0.4, 0.5) is 5.69 Å². The van der Waals surface area contributed by atoms with Crippen molar-refractivity contribution in [2.24, 2.45) is 0 Å². The number of carbonyl (C=O) groups excluding carboxylic acids is 2. The summed E-state index contributed by atoms with van der Waals surface area (Å²) < 4.78 is 26.1. The van der Waals surface area contributed by atoms with Gasteiger partial charge in [0.1, 0.15) is 12.6 Å². The number of benzene rings is 2. The number of hydrogen-bond acceptors (Lipinski definition) is 4. The second kappa shape index (κ2) is 12.6. The van der Waals surface area contributed by atoms with Gasteiger partial charge < -0.3 is 10.2 Å². The fraction of sp³-hybridized carbons (Fsp3) is 0.391. The highest BCUT2D eigenvalue weighted by Crippen LogP contribution is 2.33. The molecule has 0 heterocycles. The zero-order valence-corrected chi connectivity index (χ0v) is 22.3. The van der Waals surface area contributed by atoms with Crippen LogP contribution >= 0.6 is 34.8 Å². The van der Waals surface area contributed by atoms with Crippen LogP contribution in [0, 0.1) is 0 Å². The molecule has 0 aliphatic heterocycles. The van der Waals surface area contributed by atoms with E-state index in [2.05, 4.69) is 5.32 Å². The van der Waals surface area contributed by atoms with Crippen molar-refractivity contribution in [3.63, 3.8) is 0 Å². The van der Waals surface area contributed by atoms with Crippen molar-refractivity contribution in [2.75, 3.05) is 23.7 Å². The van der Waals surface area contributed by atoms with E-state index in [1.54, 1.807) is 37.3 Å². The van der Waals surface area contributed by atoms with Crippen LogP contribution in [-0.4, -0.2) is 50.5 Å². The maximum Gasteiger partial charge on any atom is 0.244 e. The highest BCUT2D eigenvalue weighted by atomic mass is 35.5. The van der Waals surface area contributed by atoms with E-state index in [0.717, 1.165) is 29.0 Å². The molecule has 0 aliphatic carbocycles. The number of hydrogen-bond donors (Lipinski definition) is 1. The Labute approximate surface area is 216 Å². The van der Waals surface area contributed by atoms with Gasteiger partial charge in [0.2, 0.25) is 21.8 Å². The standard InChI is InChI=1S/C23H28Cl3N3O4S/c1-4-5-13-27-23(31)16(2)28(14-17-9-11-18(24)12-10-17)21(30)15-29(34(3,32)33)20-8-6-7-19(25)22(20)26/h6-12,16H,4-5,13-15H2,1-3H3,(H,27,31). The van der Waals surface area contributed by atoms with E-state index < -0.39 is 28.5 Å². The second-order valence-electron chi connectivity index (χ2n) is 7.81. The van der Waals surface area contributed by atoms with Gasteiger partial charge in [-0.25, -0.2) is 8.42 Å². The molecule has 0 saturated heterocycles. The van der Waals surface area contributed by atoms with Gasteiger partial charge in [-0.15, -0.1) is 0 Å². The molecule has 7 nitrogen and oxygen atoms in total. The number of nitrogens with one attached hydrogen (secondary N) is 1. The van der Waals surface area contributed by atoms with Crippen molar-refractivity contribution in [1.82, 2.24) is 10.2 Å². The van der Waals surface area contributed by atoms with E-state index in [1.807, 2.05) is 6.92 Å². The van der Waals surface area contributed by atoms with Crippen LogP contribution in [0.25, 0.3) is 0 Å². The molecule has 0 radical (unpaired) electrons. The fourth-order valence-corrected chi connectivity index (χ4v) is 4.61. The molecular weight excluding hydrogens is 521 g/mol. The Bertz CT molecular complexity index is 1110. The molecule has 0 bridgehead atoms. The van der Waals surface area contributed by atoms with E-state index in [0.29, 0.717) is 11.6 Å². The number of sulfonamides is 1. The third kappa shape index (κ3) is 7.77. The van der Waals surface area contributed by atoms with Crippen molar-refractivity contribution in [3.05, 3.63) is 63.1 Å². The molecule has 1 unspecified atom stereocenters. The lowest BCUT2D eigenvalue weighted by Crippen LogP contribution is -2.51. The van der Waals surface area contributed by atoms with Crippen LogP contribution in [-0.2, 0) is 26.2 Å². The minimum absolute atomic E-state index is 0.0111. The topological polar surface area (TPSA) is 86.8 Å². The summed E-state index contributed by atoms with van der Waals surface area (Å²) in [6, 6.07) is 10.5. The predicted octanol–water partition coefficient (Wildman–Crippen LogP) is 4.75.